The van der Waals surface area contributed by atoms with Crippen molar-refractivity contribution in [2.24, 2.45) is 0 Å². The fourth-order valence-corrected chi connectivity index (χ4v) is 7.12. The molecule has 0 aromatic carbocycles. The first kappa shape index (κ1) is 56.5. The van der Waals surface area contributed by atoms with E-state index >= 15 is 0 Å². The van der Waals surface area contributed by atoms with E-state index in [1.165, 1.54) is 109 Å². The Morgan fingerprint density at radius 1 is 0.475 bits per heavy atom. The van der Waals surface area contributed by atoms with Crippen LogP contribution in [0, 0.1) is 0 Å². The molecule has 0 saturated heterocycles. The molecule has 0 radical (unpaired) electrons. The summed E-state index contributed by atoms with van der Waals surface area (Å²) in [4.78, 5) is 34.8. The van der Waals surface area contributed by atoms with Crippen LogP contribution in [0.15, 0.2) is 72.9 Å². The fraction of sp³-hybridized carbons (Fsp3) is 0.720. The molecule has 0 rings (SSSR count). The third-order valence-electron chi connectivity index (χ3n) is 9.79. The van der Waals surface area contributed by atoms with Gasteiger partial charge >= 0.3 is 19.8 Å². The first-order chi connectivity index (χ1) is 28.8. The van der Waals surface area contributed by atoms with Crippen LogP contribution in [-0.4, -0.2) is 42.8 Å². The smallest absolute Gasteiger partial charge is 0.462 e. The van der Waals surface area contributed by atoms with Crippen molar-refractivity contribution in [1.29, 1.82) is 0 Å². The number of unbranched alkanes of at least 4 members (excludes halogenated alkanes) is 19. The van der Waals surface area contributed by atoms with Gasteiger partial charge in [-0.3, -0.25) is 18.6 Å². The van der Waals surface area contributed by atoms with Crippen LogP contribution in [0.5, 0.6) is 0 Å². The number of allylic oxidation sites excluding steroid dienone is 12. The molecule has 0 saturated carbocycles. The summed E-state index contributed by atoms with van der Waals surface area (Å²) >= 11 is 0. The van der Waals surface area contributed by atoms with Crippen molar-refractivity contribution in [3.63, 3.8) is 0 Å². The first-order valence-corrected chi connectivity index (χ1v) is 25.2. The Labute approximate surface area is 362 Å². The Balaban J connectivity index is 4.13. The quantitative estimate of drug-likeness (QED) is 0.0280. The van der Waals surface area contributed by atoms with E-state index < -0.39 is 26.5 Å². The maximum absolute atomic E-state index is 12.6. The van der Waals surface area contributed by atoms with Crippen LogP contribution in [0.4, 0.5) is 0 Å². The Kier molecular flexibility index (Phi) is 43.1. The van der Waals surface area contributed by atoms with Crippen molar-refractivity contribution >= 4 is 19.8 Å². The minimum Gasteiger partial charge on any atom is -0.462 e. The lowest BCUT2D eigenvalue weighted by molar-refractivity contribution is -0.161. The van der Waals surface area contributed by atoms with Crippen LogP contribution in [0.3, 0.4) is 0 Å². The number of carbonyl (C=O) groups excluding carboxylic acids is 2. The van der Waals surface area contributed by atoms with Gasteiger partial charge in [0.05, 0.1) is 13.2 Å². The number of rotatable bonds is 43. The molecule has 2 unspecified atom stereocenters. The minimum absolute atomic E-state index is 0.0152. The van der Waals surface area contributed by atoms with Crippen LogP contribution in [-0.2, 0) is 32.7 Å². The molecule has 0 aromatic heterocycles. The highest BCUT2D eigenvalue weighted by molar-refractivity contribution is 7.47. The van der Waals surface area contributed by atoms with Crippen LogP contribution in [0.2, 0.25) is 0 Å². The zero-order chi connectivity index (χ0) is 43.2. The number of hydrogen-bond acceptors (Lipinski definition) is 7. The molecule has 0 aromatic rings. The number of esters is 2. The van der Waals surface area contributed by atoms with Gasteiger partial charge in [0.15, 0.2) is 6.10 Å². The summed E-state index contributed by atoms with van der Waals surface area (Å²) in [5, 5.41) is 0. The molecule has 0 bridgehead atoms. The SMILES string of the molecule is CC/C=C\C/C=C\C/C=C\C/C=C\C/C=C\C/C=C\CCC(=O)OC(COC(=O)CCCCCCCCCCCCCCCCCCCCCC)COP(=O)(O)OCC. The zero-order valence-electron chi connectivity index (χ0n) is 37.9. The van der Waals surface area contributed by atoms with Gasteiger partial charge in [-0.25, -0.2) is 4.57 Å². The lowest BCUT2D eigenvalue weighted by atomic mass is 10.0. The molecule has 59 heavy (non-hydrogen) atoms. The van der Waals surface area contributed by atoms with Gasteiger partial charge in [0.25, 0.3) is 0 Å². The molecule has 0 heterocycles. The average molecular weight is 847 g/mol. The summed E-state index contributed by atoms with van der Waals surface area (Å²) in [6.07, 6.45) is 56.9. The maximum Gasteiger partial charge on any atom is 0.472 e. The standard InChI is InChI=1S/C50H87O8P/c1-4-7-9-11-13-15-17-19-21-23-25-27-28-30-32-34-36-38-40-42-44-49(51)55-46-48(47-57-59(53,54)56-6-3)58-50(52)45-43-41-39-37-35-33-31-29-26-24-22-20-18-16-14-12-10-8-5-2/h8,10,14,16,20,22,26,29,33,35,39,41,48H,4-7,9,11-13,15,17-19,21,23-25,27-28,30-32,34,36-38,40,42-47H2,1-3H3,(H,53,54)/b10-8-,16-14-,22-20-,29-26-,35-33-,41-39-. The van der Waals surface area contributed by atoms with Crippen molar-refractivity contribution < 1.29 is 37.6 Å². The Hall–Kier alpha value is -2.51. The van der Waals surface area contributed by atoms with Crippen molar-refractivity contribution in [1.82, 2.24) is 0 Å². The normalized spacial score (nSPS) is 13.9. The van der Waals surface area contributed by atoms with Gasteiger partial charge in [-0.1, -0.05) is 209 Å². The molecular weight excluding hydrogens is 760 g/mol. The molecular formula is C50H87O8P. The fourth-order valence-electron chi connectivity index (χ4n) is 6.36. The van der Waals surface area contributed by atoms with Gasteiger partial charge < -0.3 is 14.4 Å². The third kappa shape index (κ3) is 44.9. The Morgan fingerprint density at radius 3 is 1.27 bits per heavy atom. The second kappa shape index (κ2) is 45.0. The molecule has 0 spiro atoms. The second-order valence-electron chi connectivity index (χ2n) is 15.4. The van der Waals surface area contributed by atoms with Gasteiger partial charge in [-0.05, 0) is 58.3 Å². The molecule has 1 N–H and O–H groups in total. The number of carbonyl (C=O) groups is 2. The summed E-state index contributed by atoms with van der Waals surface area (Å²) in [7, 11) is -4.31. The number of phosphoric acid groups is 1. The monoisotopic (exact) mass is 847 g/mol. The van der Waals surface area contributed by atoms with Crippen molar-refractivity contribution in [3.05, 3.63) is 72.9 Å². The van der Waals surface area contributed by atoms with Crippen LogP contribution < -0.4 is 0 Å². The predicted molar refractivity (Wildman–Crippen MR) is 248 cm³/mol. The van der Waals surface area contributed by atoms with Gasteiger partial charge in [0, 0.05) is 12.8 Å². The van der Waals surface area contributed by atoms with E-state index in [1.54, 1.807) is 6.92 Å². The average Bonchev–Trinajstić information content (AvgIpc) is 3.22. The Bertz CT molecular complexity index is 1190. The van der Waals surface area contributed by atoms with Gasteiger partial charge in [0.1, 0.15) is 6.61 Å². The Morgan fingerprint density at radius 2 is 0.864 bits per heavy atom. The van der Waals surface area contributed by atoms with Gasteiger partial charge in [-0.2, -0.15) is 0 Å². The minimum atomic E-state index is -4.31. The molecule has 0 amide bonds. The molecule has 0 aliphatic carbocycles. The van der Waals surface area contributed by atoms with E-state index in [9.17, 15) is 19.0 Å². The lowest BCUT2D eigenvalue weighted by Gasteiger charge is -2.19. The summed E-state index contributed by atoms with van der Waals surface area (Å²) in [5.74, 6) is -0.893. The van der Waals surface area contributed by atoms with E-state index in [-0.39, 0.29) is 32.0 Å². The first-order valence-electron chi connectivity index (χ1n) is 23.7. The van der Waals surface area contributed by atoms with E-state index in [4.69, 9.17) is 18.5 Å². The van der Waals surface area contributed by atoms with Gasteiger partial charge in [-0.15, -0.1) is 0 Å². The topological polar surface area (TPSA) is 108 Å². The number of hydrogen-bond donors (Lipinski definition) is 1. The largest absolute Gasteiger partial charge is 0.472 e. The van der Waals surface area contributed by atoms with Crippen molar-refractivity contribution in [3.8, 4) is 0 Å². The van der Waals surface area contributed by atoms with Crippen LogP contribution in [0.25, 0.3) is 0 Å². The zero-order valence-corrected chi connectivity index (χ0v) is 38.8. The summed E-state index contributed by atoms with van der Waals surface area (Å²) in [6, 6.07) is 0. The summed E-state index contributed by atoms with van der Waals surface area (Å²) in [6.45, 7) is 5.29. The molecule has 9 heteroatoms. The highest BCUT2D eigenvalue weighted by Crippen LogP contribution is 2.43. The van der Waals surface area contributed by atoms with E-state index in [0.29, 0.717) is 6.42 Å². The molecule has 8 nitrogen and oxygen atoms in total. The molecule has 340 valence electrons. The molecule has 0 aliphatic rings. The highest BCUT2D eigenvalue weighted by Gasteiger charge is 2.25. The van der Waals surface area contributed by atoms with Crippen LogP contribution >= 0.6 is 7.82 Å². The second-order valence-corrected chi connectivity index (χ2v) is 16.9. The lowest BCUT2D eigenvalue weighted by Crippen LogP contribution is -2.29. The van der Waals surface area contributed by atoms with Crippen molar-refractivity contribution in [2.75, 3.05) is 19.8 Å². The third-order valence-corrected chi connectivity index (χ3v) is 10.9. The summed E-state index contributed by atoms with van der Waals surface area (Å²) < 4.78 is 32.6. The molecule has 0 aliphatic heterocycles. The molecule has 2 atom stereocenters. The van der Waals surface area contributed by atoms with Crippen molar-refractivity contribution in [2.45, 2.75) is 213 Å². The number of ether oxygens (including phenoxy) is 2. The number of phosphoric ester groups is 1. The van der Waals surface area contributed by atoms with E-state index in [2.05, 4.69) is 74.6 Å². The van der Waals surface area contributed by atoms with Gasteiger partial charge in [0.2, 0.25) is 0 Å². The van der Waals surface area contributed by atoms with Crippen LogP contribution in [0.1, 0.15) is 207 Å². The van der Waals surface area contributed by atoms with E-state index in [1.807, 2.05) is 12.2 Å². The highest BCUT2D eigenvalue weighted by atomic mass is 31.2. The maximum atomic E-state index is 12.6. The molecule has 0 fully saturated rings. The summed E-state index contributed by atoms with van der Waals surface area (Å²) in [5.41, 5.74) is 0. The predicted octanol–water partition coefficient (Wildman–Crippen LogP) is 15.3. The van der Waals surface area contributed by atoms with E-state index in [0.717, 1.165) is 57.8 Å².